The summed E-state index contributed by atoms with van der Waals surface area (Å²) in [6.07, 6.45) is 0. The van der Waals surface area contributed by atoms with Crippen LogP contribution in [0.2, 0.25) is 0 Å². The first-order valence-corrected chi connectivity index (χ1v) is 8.25. The summed E-state index contributed by atoms with van der Waals surface area (Å²) in [6, 6.07) is 7.93. The van der Waals surface area contributed by atoms with Crippen molar-refractivity contribution in [3.05, 3.63) is 51.1 Å². The zero-order chi connectivity index (χ0) is 15.6. The van der Waals surface area contributed by atoms with Crippen molar-refractivity contribution in [2.45, 2.75) is 39.5 Å². The minimum absolute atomic E-state index is 0.337. The van der Waals surface area contributed by atoms with Gasteiger partial charge in [-0.1, -0.05) is 29.8 Å². The molecule has 2 rings (SSSR count). The van der Waals surface area contributed by atoms with E-state index in [0.717, 1.165) is 32.6 Å². The lowest BCUT2D eigenvalue weighted by molar-refractivity contribution is 0.458. The molecule has 2 aromatic rings. The van der Waals surface area contributed by atoms with Crippen molar-refractivity contribution in [3.63, 3.8) is 0 Å². The normalized spacial score (nSPS) is 11.0. The predicted molar refractivity (Wildman–Crippen MR) is 91.6 cm³/mol. The quantitative estimate of drug-likeness (QED) is 0.607. The van der Waals surface area contributed by atoms with Crippen LogP contribution in [0.15, 0.2) is 28.7 Å². The Labute approximate surface area is 139 Å². The number of benzene rings is 1. The smallest absolute Gasteiger partial charge is 0.219 e. The summed E-state index contributed by atoms with van der Waals surface area (Å²) >= 11 is 9.52. The molecule has 112 valence electrons. The first-order valence-electron chi connectivity index (χ1n) is 6.92. The number of aryl methyl sites for hydroxylation is 2. The molecule has 1 aromatic heterocycles. The molecule has 0 unspecified atom stereocenters. The number of ether oxygens (including phenoxy) is 1. The Morgan fingerprint density at radius 1 is 1.14 bits per heavy atom. The van der Waals surface area contributed by atoms with E-state index in [2.05, 4.69) is 34.8 Å². The first-order chi connectivity index (χ1) is 9.90. The summed E-state index contributed by atoms with van der Waals surface area (Å²) in [5, 5.41) is 0. The fourth-order valence-corrected chi connectivity index (χ4v) is 2.48. The third-order valence-corrected chi connectivity index (χ3v) is 4.82. The summed E-state index contributed by atoms with van der Waals surface area (Å²) in [5.74, 6) is 2.18. The van der Waals surface area contributed by atoms with E-state index in [1.165, 1.54) is 0 Å². The third kappa shape index (κ3) is 3.98. The molecular formula is C17H19BrClNO. The standard InChI is InChI=1S/C17H19BrClNO/c1-10(2)15-7-13(9-19)8-16(20-15)21-14-5-11(3)17(18)12(4)6-14/h5-8,10H,9H2,1-4H3. The van der Waals surface area contributed by atoms with Gasteiger partial charge in [0.1, 0.15) is 5.75 Å². The molecule has 0 aliphatic heterocycles. The van der Waals surface area contributed by atoms with Crippen LogP contribution in [-0.2, 0) is 5.88 Å². The van der Waals surface area contributed by atoms with Crippen LogP contribution in [0.3, 0.4) is 0 Å². The lowest BCUT2D eigenvalue weighted by atomic mass is 10.1. The number of hydrogen-bond acceptors (Lipinski definition) is 2. The maximum Gasteiger partial charge on any atom is 0.219 e. The number of nitrogens with zero attached hydrogens (tertiary/aromatic N) is 1. The minimum atomic E-state index is 0.337. The van der Waals surface area contributed by atoms with Crippen molar-refractivity contribution in [2.24, 2.45) is 0 Å². The fraction of sp³-hybridized carbons (Fsp3) is 0.353. The molecule has 0 atom stereocenters. The minimum Gasteiger partial charge on any atom is -0.439 e. The number of pyridine rings is 1. The number of hydrogen-bond donors (Lipinski definition) is 0. The Morgan fingerprint density at radius 3 is 2.29 bits per heavy atom. The van der Waals surface area contributed by atoms with Crippen molar-refractivity contribution in [1.29, 1.82) is 0 Å². The third-order valence-electron chi connectivity index (χ3n) is 3.26. The van der Waals surface area contributed by atoms with E-state index >= 15 is 0 Å². The molecule has 4 heteroatoms. The van der Waals surface area contributed by atoms with Gasteiger partial charge >= 0.3 is 0 Å². The van der Waals surface area contributed by atoms with Gasteiger partial charge in [-0.15, -0.1) is 11.6 Å². The first kappa shape index (κ1) is 16.3. The predicted octanol–water partition coefficient (Wildman–Crippen LogP) is 6.12. The van der Waals surface area contributed by atoms with Gasteiger partial charge in [0, 0.05) is 22.1 Å². The molecular weight excluding hydrogens is 350 g/mol. The molecule has 21 heavy (non-hydrogen) atoms. The maximum absolute atomic E-state index is 5.96. The molecule has 0 N–H and O–H groups in total. The van der Waals surface area contributed by atoms with Gasteiger partial charge in [-0.3, -0.25) is 0 Å². The van der Waals surface area contributed by atoms with Gasteiger partial charge in [-0.25, -0.2) is 4.98 Å². The van der Waals surface area contributed by atoms with Crippen molar-refractivity contribution in [2.75, 3.05) is 0 Å². The molecule has 0 fully saturated rings. The molecule has 0 bridgehead atoms. The molecule has 0 saturated heterocycles. The zero-order valence-corrected chi connectivity index (χ0v) is 15.0. The van der Waals surface area contributed by atoms with Gasteiger partial charge in [0.25, 0.3) is 0 Å². The van der Waals surface area contributed by atoms with Crippen molar-refractivity contribution in [3.8, 4) is 11.6 Å². The van der Waals surface area contributed by atoms with Gasteiger partial charge in [-0.05, 0) is 54.7 Å². The van der Waals surface area contributed by atoms with Crippen LogP contribution in [0.25, 0.3) is 0 Å². The van der Waals surface area contributed by atoms with Crippen LogP contribution in [0.4, 0.5) is 0 Å². The molecule has 0 saturated carbocycles. The van der Waals surface area contributed by atoms with E-state index in [4.69, 9.17) is 16.3 Å². The average molecular weight is 369 g/mol. The van der Waals surface area contributed by atoms with Gasteiger partial charge in [0.15, 0.2) is 0 Å². The monoisotopic (exact) mass is 367 g/mol. The Hall–Kier alpha value is -1.06. The molecule has 0 aliphatic carbocycles. The van der Waals surface area contributed by atoms with Gasteiger partial charge in [0.2, 0.25) is 5.88 Å². The van der Waals surface area contributed by atoms with Crippen molar-refractivity contribution >= 4 is 27.5 Å². The van der Waals surface area contributed by atoms with Gasteiger partial charge in [-0.2, -0.15) is 0 Å². The second kappa shape index (κ2) is 6.80. The van der Waals surface area contributed by atoms with Gasteiger partial charge < -0.3 is 4.74 Å². The summed E-state index contributed by atoms with van der Waals surface area (Å²) in [7, 11) is 0. The molecule has 0 spiro atoms. The van der Waals surface area contributed by atoms with E-state index in [9.17, 15) is 0 Å². The highest BCUT2D eigenvalue weighted by Crippen LogP contribution is 2.30. The summed E-state index contributed by atoms with van der Waals surface area (Å²) in [6.45, 7) is 8.31. The lowest BCUT2D eigenvalue weighted by Crippen LogP contribution is -1.98. The molecule has 1 heterocycles. The Kier molecular flexibility index (Phi) is 5.28. The number of halogens is 2. The van der Waals surface area contributed by atoms with Crippen LogP contribution < -0.4 is 4.74 Å². The van der Waals surface area contributed by atoms with E-state index in [1.807, 2.05) is 38.1 Å². The zero-order valence-electron chi connectivity index (χ0n) is 12.7. The largest absolute Gasteiger partial charge is 0.439 e. The second-order valence-corrected chi connectivity index (χ2v) is 6.56. The molecule has 1 aromatic carbocycles. The van der Waals surface area contributed by atoms with Crippen LogP contribution >= 0.6 is 27.5 Å². The highest BCUT2D eigenvalue weighted by molar-refractivity contribution is 9.10. The van der Waals surface area contributed by atoms with Crippen molar-refractivity contribution in [1.82, 2.24) is 4.98 Å². The van der Waals surface area contributed by atoms with Crippen LogP contribution in [0, 0.1) is 13.8 Å². The van der Waals surface area contributed by atoms with E-state index < -0.39 is 0 Å². The van der Waals surface area contributed by atoms with Crippen LogP contribution in [0.1, 0.15) is 42.1 Å². The SMILES string of the molecule is Cc1cc(Oc2cc(CCl)cc(C(C)C)n2)cc(C)c1Br. The van der Waals surface area contributed by atoms with Crippen molar-refractivity contribution < 1.29 is 4.74 Å². The number of aromatic nitrogens is 1. The summed E-state index contributed by atoms with van der Waals surface area (Å²) in [5.41, 5.74) is 4.30. The number of rotatable bonds is 4. The average Bonchev–Trinajstić information content (AvgIpc) is 2.44. The molecule has 0 radical (unpaired) electrons. The molecule has 0 aliphatic rings. The van der Waals surface area contributed by atoms with Crippen LogP contribution in [-0.4, -0.2) is 4.98 Å². The van der Waals surface area contributed by atoms with E-state index in [-0.39, 0.29) is 0 Å². The fourth-order valence-electron chi connectivity index (χ4n) is 2.09. The summed E-state index contributed by atoms with van der Waals surface area (Å²) in [4.78, 5) is 4.57. The lowest BCUT2D eigenvalue weighted by Gasteiger charge is -2.12. The topological polar surface area (TPSA) is 22.1 Å². The Balaban J connectivity index is 2.37. The Morgan fingerprint density at radius 2 is 1.76 bits per heavy atom. The second-order valence-electron chi connectivity index (χ2n) is 5.50. The summed E-state index contributed by atoms with van der Waals surface area (Å²) < 4.78 is 7.05. The molecule has 0 amide bonds. The van der Waals surface area contributed by atoms with E-state index in [1.54, 1.807) is 0 Å². The Bertz CT molecular complexity index is 632. The highest BCUT2D eigenvalue weighted by atomic mass is 79.9. The van der Waals surface area contributed by atoms with Crippen LogP contribution in [0.5, 0.6) is 11.6 Å². The van der Waals surface area contributed by atoms with E-state index in [0.29, 0.717) is 17.7 Å². The highest BCUT2D eigenvalue weighted by Gasteiger charge is 2.09. The molecule has 2 nitrogen and oxygen atoms in total. The maximum atomic E-state index is 5.96. The number of alkyl halides is 1. The van der Waals surface area contributed by atoms with Gasteiger partial charge in [0.05, 0.1) is 0 Å².